The summed E-state index contributed by atoms with van der Waals surface area (Å²) in [5.41, 5.74) is 16.0. The number of nitrogens with one attached hydrogen (secondary N) is 2. The van der Waals surface area contributed by atoms with Crippen LogP contribution in [0.15, 0.2) is 162 Å². The summed E-state index contributed by atoms with van der Waals surface area (Å²) in [5, 5.41) is 2.83. The second kappa shape index (κ2) is 24.1. The third-order valence-electron chi connectivity index (χ3n) is 14.2. The fourth-order valence-corrected chi connectivity index (χ4v) is 13.6. The van der Waals surface area contributed by atoms with Gasteiger partial charge in [0.05, 0.1) is 9.64 Å². The number of nitrogens with two attached hydrogens (primary N) is 1. The zero-order valence-corrected chi connectivity index (χ0v) is 45.5. The normalized spacial score (nSPS) is 14.1. The van der Waals surface area contributed by atoms with Crippen molar-refractivity contribution >= 4 is 45.7 Å². The molecule has 2 amide bonds. The Morgan fingerprint density at radius 3 is 1.95 bits per heavy atom. The van der Waals surface area contributed by atoms with E-state index in [0.29, 0.717) is 29.1 Å². The van der Waals surface area contributed by atoms with E-state index in [-0.39, 0.29) is 74.8 Å². The second-order valence-electron chi connectivity index (χ2n) is 19.7. The lowest BCUT2D eigenvalue weighted by Gasteiger charge is -2.36. The maximum absolute atomic E-state index is 14.9. The van der Waals surface area contributed by atoms with Crippen molar-refractivity contribution < 1.29 is 37.0 Å². The van der Waals surface area contributed by atoms with Gasteiger partial charge in [0.2, 0.25) is 11.9 Å². The van der Waals surface area contributed by atoms with E-state index in [1.54, 1.807) is 25.6 Å². The predicted octanol–water partition coefficient (Wildman–Crippen LogP) is 10.3. The minimum absolute atomic E-state index is 0.00638. The minimum atomic E-state index is -4.17. The summed E-state index contributed by atoms with van der Waals surface area (Å²) in [6, 6.07) is 45.6. The third-order valence-corrected chi connectivity index (χ3v) is 17.3. The Hall–Kier alpha value is -7.36. The van der Waals surface area contributed by atoms with Crippen molar-refractivity contribution in [1.29, 1.82) is 0 Å². The van der Waals surface area contributed by atoms with Crippen LogP contribution < -0.4 is 20.5 Å². The number of hydrogen-bond donors (Lipinski definition) is 3. The van der Waals surface area contributed by atoms with Gasteiger partial charge >= 0.3 is 12.1 Å². The highest BCUT2D eigenvalue weighted by Crippen LogP contribution is 2.49. The molecule has 0 bridgehead atoms. The van der Waals surface area contributed by atoms with Gasteiger partial charge in [-0.1, -0.05) is 152 Å². The summed E-state index contributed by atoms with van der Waals surface area (Å²) in [7, 11) is -4.17. The van der Waals surface area contributed by atoms with E-state index in [2.05, 4.69) is 70.1 Å². The van der Waals surface area contributed by atoms with Crippen LogP contribution in [0.2, 0.25) is 0 Å². The molecule has 8 rings (SSSR count). The number of thioether (sulfide) groups is 1. The van der Waals surface area contributed by atoms with Crippen LogP contribution >= 0.6 is 11.8 Å². The average Bonchev–Trinajstić information content (AvgIpc) is 4.06. The zero-order valence-electron chi connectivity index (χ0n) is 43.8. The molecule has 0 saturated carbocycles. The van der Waals surface area contributed by atoms with Crippen molar-refractivity contribution in [2.45, 2.75) is 87.5 Å². The van der Waals surface area contributed by atoms with Crippen molar-refractivity contribution in [3.8, 4) is 16.9 Å². The van der Waals surface area contributed by atoms with Gasteiger partial charge in [-0.2, -0.15) is 0 Å². The third kappa shape index (κ3) is 12.0. The van der Waals surface area contributed by atoms with Crippen LogP contribution in [0.3, 0.4) is 0 Å². The van der Waals surface area contributed by atoms with E-state index >= 15 is 0 Å². The number of amides is 2. The fraction of sp³-hybridized carbons (Fsp3) is 0.311. The minimum Gasteiger partial charge on any atom is -0.487 e. The Kier molecular flexibility index (Phi) is 17.4. The first kappa shape index (κ1) is 54.9. The maximum Gasteiger partial charge on any atom is 0.407 e. The first-order chi connectivity index (χ1) is 36.6. The van der Waals surface area contributed by atoms with Gasteiger partial charge in [0.25, 0.3) is 10.0 Å². The van der Waals surface area contributed by atoms with Crippen LogP contribution in [-0.2, 0) is 40.3 Å². The van der Waals surface area contributed by atoms with Crippen molar-refractivity contribution in [2.24, 2.45) is 10.7 Å². The number of guanidine groups is 1. The molecule has 1 atom stereocenters. The van der Waals surface area contributed by atoms with Gasteiger partial charge in [-0.25, -0.2) is 22.7 Å². The highest BCUT2D eigenvalue weighted by atomic mass is 32.2. The second-order valence-corrected chi connectivity index (χ2v) is 22.6. The molecule has 2 aliphatic rings. The molecule has 1 aliphatic carbocycles. The number of alkyl carbamates (subject to hydrolysis) is 1. The SMILES string of the molecule is C=CCOC(=O)[C@H](CCCN=C(N)NS(=O)(=O)c1c(C)c(C)c2c(c1C)CC(C)(C)O2)N(CCNC(=O)OCC1c2ccccc2-c2ccccc21)C(=O)CCSC(c1ccccc1)(c1ccccc1)c1ccccc1. The van der Waals surface area contributed by atoms with E-state index in [1.807, 2.05) is 112 Å². The van der Waals surface area contributed by atoms with Gasteiger partial charge in [-0.05, 0) is 103 Å². The molecule has 13 nitrogen and oxygen atoms in total. The summed E-state index contributed by atoms with van der Waals surface area (Å²) in [5.74, 6) is -0.437. The van der Waals surface area contributed by atoms with E-state index in [4.69, 9.17) is 19.9 Å². The summed E-state index contributed by atoms with van der Waals surface area (Å²) in [6.45, 7) is 12.9. The number of fused-ring (bicyclic) bond motifs is 4. The molecule has 0 unspecified atom stereocenters. The lowest BCUT2D eigenvalue weighted by atomic mass is 9.84. The van der Waals surface area contributed by atoms with Crippen molar-refractivity contribution in [2.75, 3.05) is 38.6 Å². The Morgan fingerprint density at radius 1 is 0.829 bits per heavy atom. The number of aliphatic imine (C=N–C) groups is 1. The lowest BCUT2D eigenvalue weighted by Crippen LogP contribution is -2.49. The van der Waals surface area contributed by atoms with Gasteiger partial charge < -0.3 is 30.2 Å². The molecule has 15 heteroatoms. The number of ether oxygens (including phenoxy) is 3. The first-order valence-corrected chi connectivity index (χ1v) is 28.1. The Morgan fingerprint density at radius 2 is 1.38 bits per heavy atom. The zero-order chi connectivity index (χ0) is 54.0. The monoisotopic (exact) mass is 1060 g/mol. The topological polar surface area (TPSA) is 179 Å². The number of benzene rings is 6. The molecule has 396 valence electrons. The first-order valence-electron chi connectivity index (χ1n) is 25.7. The molecule has 0 spiro atoms. The molecule has 1 aliphatic heterocycles. The number of carbonyl (C=O) groups excluding carboxylic acids is 3. The van der Waals surface area contributed by atoms with Crippen LogP contribution in [-0.4, -0.2) is 87.5 Å². The number of carbonyl (C=O) groups is 3. The molecule has 0 radical (unpaired) electrons. The van der Waals surface area contributed by atoms with Gasteiger partial charge in [-0.15, -0.1) is 11.8 Å². The summed E-state index contributed by atoms with van der Waals surface area (Å²) in [6.07, 6.45) is 1.63. The fourth-order valence-electron chi connectivity index (χ4n) is 10.6. The lowest BCUT2D eigenvalue weighted by molar-refractivity contribution is -0.154. The van der Waals surface area contributed by atoms with Gasteiger partial charge in [0.15, 0.2) is 0 Å². The van der Waals surface area contributed by atoms with Crippen molar-refractivity contribution in [3.05, 3.63) is 202 Å². The maximum atomic E-state index is 14.9. The molecule has 0 saturated heterocycles. The van der Waals surface area contributed by atoms with E-state index in [1.165, 1.54) is 11.0 Å². The number of rotatable bonds is 22. The van der Waals surface area contributed by atoms with E-state index in [0.717, 1.165) is 50.1 Å². The highest BCUT2D eigenvalue weighted by molar-refractivity contribution is 8.00. The van der Waals surface area contributed by atoms with Crippen molar-refractivity contribution in [3.63, 3.8) is 0 Å². The average molecular weight is 1060 g/mol. The number of esters is 1. The van der Waals surface area contributed by atoms with Crippen LogP contribution in [0.1, 0.15) is 89.1 Å². The molecular weight excluding hydrogens is 995 g/mol. The summed E-state index contributed by atoms with van der Waals surface area (Å²) < 4.78 is 47.4. The predicted molar refractivity (Wildman–Crippen MR) is 301 cm³/mol. The van der Waals surface area contributed by atoms with Crippen molar-refractivity contribution in [1.82, 2.24) is 14.9 Å². The van der Waals surface area contributed by atoms with Gasteiger partial charge in [0.1, 0.15) is 30.6 Å². The molecule has 6 aromatic rings. The van der Waals surface area contributed by atoms with Crippen LogP contribution in [0.25, 0.3) is 11.1 Å². The van der Waals surface area contributed by atoms with E-state index in [9.17, 15) is 22.8 Å². The standard InChI is InChI=1S/C61H67N5O8S2/c1-7-37-72-57(68)53(32-21-34-63-58(62)65-76(70,71)56-42(3)41(2)55-51(43(56)4)39-60(5,6)74-55)66(36-35-64-59(69)73-40-52-49-30-19-17-28-47(49)48-29-18-20-31-50(48)52)54(67)33-38-75-61(44-22-11-8-12-23-44,45-24-13-9-14-25-45)46-26-15-10-16-27-46/h7-20,22-31,52-53H,1,21,32-40H2,2-6H3,(H,64,69)(H3,62,63,65)/t53-/m0/s1. The molecular formula is C61H67N5O8S2. The summed E-state index contributed by atoms with van der Waals surface area (Å²) in [4.78, 5) is 48.4. The molecule has 0 aromatic heterocycles. The smallest absolute Gasteiger partial charge is 0.407 e. The molecule has 0 fully saturated rings. The number of sulfonamides is 1. The van der Waals surface area contributed by atoms with Crippen LogP contribution in [0.5, 0.6) is 5.75 Å². The van der Waals surface area contributed by atoms with Crippen LogP contribution in [0, 0.1) is 20.8 Å². The Bertz CT molecular complexity index is 3060. The molecule has 76 heavy (non-hydrogen) atoms. The Labute approximate surface area is 451 Å². The van der Waals surface area contributed by atoms with Gasteiger partial charge in [-0.3, -0.25) is 9.79 Å². The highest BCUT2D eigenvalue weighted by Gasteiger charge is 2.39. The van der Waals surface area contributed by atoms with E-state index < -0.39 is 38.5 Å². The number of hydrogen-bond acceptors (Lipinski definition) is 10. The molecule has 4 N–H and O–H groups in total. The largest absolute Gasteiger partial charge is 0.487 e. The molecule has 6 aromatic carbocycles. The van der Waals surface area contributed by atoms with Gasteiger partial charge in [0, 0.05) is 49.7 Å². The Balaban J connectivity index is 1.01. The number of nitrogens with zero attached hydrogens (tertiary/aromatic N) is 2. The quantitative estimate of drug-likeness (QED) is 0.0148. The molecule has 1 heterocycles. The van der Waals surface area contributed by atoms with Crippen LogP contribution in [0.4, 0.5) is 4.79 Å². The summed E-state index contributed by atoms with van der Waals surface area (Å²) >= 11 is 1.62.